The number of hydrogen-bond acceptors (Lipinski definition) is 6. The Morgan fingerprint density at radius 1 is 0.893 bits per heavy atom. The second-order valence-corrected chi connectivity index (χ2v) is 7.19. The lowest BCUT2D eigenvalue weighted by Gasteiger charge is -2.17. The Balaban J connectivity index is 1.27. The third-order valence-electron chi connectivity index (χ3n) is 5.04. The van der Waals surface area contributed by atoms with E-state index in [9.17, 15) is 4.79 Å². The van der Waals surface area contributed by atoms with Crippen molar-refractivity contribution in [2.45, 2.75) is 38.3 Å². The summed E-state index contributed by atoms with van der Waals surface area (Å²) in [7, 11) is 0. The van der Waals surface area contributed by atoms with Crippen molar-refractivity contribution >= 4 is 5.97 Å². The molecule has 148 valence electrons. The van der Waals surface area contributed by atoms with Crippen molar-refractivity contribution in [2.24, 2.45) is 0 Å². The Kier molecular flexibility index (Phi) is 5.62. The van der Waals surface area contributed by atoms with Gasteiger partial charge >= 0.3 is 5.97 Å². The molecule has 2 aliphatic heterocycles. The summed E-state index contributed by atoms with van der Waals surface area (Å²) in [5.41, 5.74) is 2.78. The Morgan fingerprint density at radius 3 is 2.14 bits per heavy atom. The van der Waals surface area contributed by atoms with Crippen molar-refractivity contribution in [2.75, 3.05) is 20.0 Å². The van der Waals surface area contributed by atoms with Crippen LogP contribution >= 0.6 is 0 Å². The molecule has 4 atom stereocenters. The number of carbonyl (C=O) groups is 1. The third kappa shape index (κ3) is 4.19. The van der Waals surface area contributed by atoms with Crippen LogP contribution in [-0.2, 0) is 18.9 Å². The van der Waals surface area contributed by atoms with Gasteiger partial charge in [-0.15, -0.1) is 0 Å². The van der Waals surface area contributed by atoms with Gasteiger partial charge in [-0.05, 0) is 38.1 Å². The zero-order valence-electron chi connectivity index (χ0n) is 16.0. The summed E-state index contributed by atoms with van der Waals surface area (Å²) >= 11 is 0. The Bertz CT molecular complexity index is 801. The number of hydrogen-bond donors (Lipinski definition) is 0. The monoisotopic (exact) mass is 384 g/mol. The molecule has 28 heavy (non-hydrogen) atoms. The summed E-state index contributed by atoms with van der Waals surface area (Å²) in [6.45, 7) is 4.78. The minimum atomic E-state index is -0.439. The van der Waals surface area contributed by atoms with Crippen molar-refractivity contribution in [1.29, 1.82) is 0 Å². The molecule has 0 N–H and O–H groups in total. The van der Waals surface area contributed by atoms with Crippen molar-refractivity contribution in [3.8, 4) is 5.75 Å². The average Bonchev–Trinajstić information content (AvgIpc) is 3.27. The number of aryl methyl sites for hydroxylation is 2. The molecule has 0 saturated carbocycles. The molecule has 0 aromatic heterocycles. The topological polar surface area (TPSA) is 63.2 Å². The summed E-state index contributed by atoms with van der Waals surface area (Å²) in [6, 6.07) is 15.1. The van der Waals surface area contributed by atoms with Crippen molar-refractivity contribution in [1.82, 2.24) is 0 Å². The number of esters is 1. The predicted octanol–water partition coefficient (Wildman–Crippen LogP) is 3.05. The normalized spacial score (nSPS) is 26.1. The minimum Gasteiger partial charge on any atom is -0.468 e. The molecule has 0 bridgehead atoms. The Morgan fingerprint density at radius 2 is 1.46 bits per heavy atom. The SMILES string of the molecule is Cc1ccc(OCO[C@H]2CO[C@H]3[C@@H]2OC[C@H]3OC(=O)c2ccc(C)cc2)cc1. The molecule has 0 aliphatic carbocycles. The third-order valence-corrected chi connectivity index (χ3v) is 5.04. The molecule has 0 spiro atoms. The van der Waals surface area contributed by atoms with Gasteiger partial charge in [0.2, 0.25) is 0 Å². The molecule has 6 heteroatoms. The van der Waals surface area contributed by atoms with Crippen LogP contribution in [0.1, 0.15) is 21.5 Å². The van der Waals surface area contributed by atoms with E-state index in [0.717, 1.165) is 11.3 Å². The summed E-state index contributed by atoms with van der Waals surface area (Å²) < 4.78 is 28.6. The van der Waals surface area contributed by atoms with Crippen molar-refractivity contribution in [3.63, 3.8) is 0 Å². The van der Waals surface area contributed by atoms with Gasteiger partial charge in [-0.2, -0.15) is 0 Å². The van der Waals surface area contributed by atoms with Crippen LogP contribution in [-0.4, -0.2) is 50.4 Å². The molecule has 2 aliphatic rings. The van der Waals surface area contributed by atoms with Crippen LogP contribution in [0.2, 0.25) is 0 Å². The van der Waals surface area contributed by atoms with E-state index in [1.807, 2.05) is 50.2 Å². The average molecular weight is 384 g/mol. The van der Waals surface area contributed by atoms with Gasteiger partial charge in [0.1, 0.15) is 24.1 Å². The Hall–Kier alpha value is -2.41. The minimum absolute atomic E-state index is 0.109. The van der Waals surface area contributed by atoms with Crippen molar-refractivity contribution < 1.29 is 28.5 Å². The highest BCUT2D eigenvalue weighted by molar-refractivity contribution is 5.89. The quantitative estimate of drug-likeness (QED) is 0.564. The zero-order chi connectivity index (χ0) is 19.5. The summed E-state index contributed by atoms with van der Waals surface area (Å²) in [4.78, 5) is 12.4. The fraction of sp³-hybridized carbons (Fsp3) is 0.409. The van der Waals surface area contributed by atoms with E-state index >= 15 is 0 Å². The highest BCUT2D eigenvalue weighted by Gasteiger charge is 2.50. The van der Waals surface area contributed by atoms with Gasteiger partial charge in [-0.3, -0.25) is 0 Å². The van der Waals surface area contributed by atoms with E-state index in [4.69, 9.17) is 23.7 Å². The van der Waals surface area contributed by atoms with E-state index in [1.165, 1.54) is 5.56 Å². The standard InChI is InChI=1S/C22H24O6/c1-14-3-7-16(8-4-14)22(23)28-19-12-25-20-18(11-24-21(19)20)27-13-26-17-9-5-15(2)6-10-17/h3-10,18-21H,11-13H2,1-2H3/t18-,19+,20+,21+/m0/s1. The maximum Gasteiger partial charge on any atom is 0.338 e. The fourth-order valence-corrected chi connectivity index (χ4v) is 3.39. The molecule has 0 amide bonds. The van der Waals surface area contributed by atoms with Gasteiger partial charge < -0.3 is 23.7 Å². The molecular formula is C22H24O6. The fourth-order valence-electron chi connectivity index (χ4n) is 3.39. The predicted molar refractivity (Wildman–Crippen MR) is 101 cm³/mol. The van der Waals surface area contributed by atoms with Gasteiger partial charge in [-0.1, -0.05) is 35.4 Å². The van der Waals surface area contributed by atoms with Crippen LogP contribution in [0.5, 0.6) is 5.75 Å². The maximum atomic E-state index is 12.4. The second-order valence-electron chi connectivity index (χ2n) is 7.19. The van der Waals surface area contributed by atoms with Crippen LogP contribution in [0.4, 0.5) is 0 Å². The van der Waals surface area contributed by atoms with Gasteiger partial charge in [-0.25, -0.2) is 4.79 Å². The largest absolute Gasteiger partial charge is 0.468 e. The maximum absolute atomic E-state index is 12.4. The molecule has 2 fully saturated rings. The number of carbonyl (C=O) groups excluding carboxylic acids is 1. The first kappa shape index (κ1) is 18.9. The first-order valence-electron chi connectivity index (χ1n) is 9.42. The van der Waals surface area contributed by atoms with Crippen LogP contribution in [0.15, 0.2) is 48.5 Å². The second kappa shape index (κ2) is 8.31. The molecule has 2 saturated heterocycles. The van der Waals surface area contributed by atoms with Crippen LogP contribution in [0.25, 0.3) is 0 Å². The smallest absolute Gasteiger partial charge is 0.338 e. The first-order chi connectivity index (χ1) is 13.6. The Labute approximate surface area is 164 Å². The number of ether oxygens (including phenoxy) is 5. The molecule has 0 radical (unpaired) electrons. The molecular weight excluding hydrogens is 360 g/mol. The van der Waals surface area contributed by atoms with Crippen LogP contribution in [0, 0.1) is 13.8 Å². The molecule has 4 rings (SSSR count). The number of fused-ring (bicyclic) bond motifs is 1. The summed E-state index contributed by atoms with van der Waals surface area (Å²) in [5, 5.41) is 0. The molecule has 6 nitrogen and oxygen atoms in total. The van der Waals surface area contributed by atoms with Crippen LogP contribution in [0.3, 0.4) is 0 Å². The van der Waals surface area contributed by atoms with Gasteiger partial charge in [0, 0.05) is 0 Å². The van der Waals surface area contributed by atoms with Gasteiger partial charge in [0.25, 0.3) is 0 Å². The van der Waals surface area contributed by atoms with E-state index in [-0.39, 0.29) is 31.1 Å². The number of rotatable bonds is 6. The van der Waals surface area contributed by atoms with E-state index < -0.39 is 6.10 Å². The van der Waals surface area contributed by atoms with Gasteiger partial charge in [0.15, 0.2) is 12.9 Å². The van der Waals surface area contributed by atoms with E-state index in [0.29, 0.717) is 18.8 Å². The highest BCUT2D eigenvalue weighted by Crippen LogP contribution is 2.31. The molecule has 0 unspecified atom stereocenters. The molecule has 2 aromatic rings. The molecule has 2 aromatic carbocycles. The molecule has 2 heterocycles. The first-order valence-corrected chi connectivity index (χ1v) is 9.42. The van der Waals surface area contributed by atoms with E-state index in [1.54, 1.807) is 12.1 Å². The summed E-state index contributed by atoms with van der Waals surface area (Å²) in [5.74, 6) is 0.378. The lowest BCUT2D eigenvalue weighted by molar-refractivity contribution is -0.0839. The zero-order valence-corrected chi connectivity index (χ0v) is 16.0. The summed E-state index contributed by atoms with van der Waals surface area (Å²) in [6.07, 6.45) is -1.28. The number of benzene rings is 2. The van der Waals surface area contributed by atoms with E-state index in [2.05, 4.69) is 0 Å². The van der Waals surface area contributed by atoms with Crippen molar-refractivity contribution in [3.05, 3.63) is 65.2 Å². The highest BCUT2D eigenvalue weighted by atomic mass is 16.7. The van der Waals surface area contributed by atoms with Gasteiger partial charge in [0.05, 0.1) is 18.8 Å². The lowest BCUT2D eigenvalue weighted by Crippen LogP contribution is -2.35. The van der Waals surface area contributed by atoms with Crippen LogP contribution < -0.4 is 4.74 Å². The lowest BCUT2D eigenvalue weighted by atomic mass is 10.1.